The maximum absolute atomic E-state index is 11.5. The predicted octanol–water partition coefficient (Wildman–Crippen LogP) is -0.750. The zero-order valence-corrected chi connectivity index (χ0v) is 16.4. The smallest absolute Gasteiger partial charge is 0.321 e. The highest BCUT2D eigenvalue weighted by Gasteiger charge is 2.04. The molecule has 0 fully saturated rings. The Labute approximate surface area is 171 Å². The minimum absolute atomic E-state index is 0.119. The minimum atomic E-state index is -0.392. The van der Waals surface area contributed by atoms with Crippen molar-refractivity contribution in [2.75, 3.05) is 50.2 Å². The number of nitrogens with zero attached hydrogens (tertiary/aromatic N) is 6. The largest absolute Gasteiger partial charge is 0.381 e. The van der Waals surface area contributed by atoms with Crippen LogP contribution in [0.15, 0.2) is 0 Å². The maximum Gasteiger partial charge on any atom is 0.321 e. The summed E-state index contributed by atoms with van der Waals surface area (Å²) in [6.07, 6.45) is 3.17. The highest BCUT2D eigenvalue weighted by molar-refractivity contribution is 5.87. The molecular formula is C14H26N12O4. The Morgan fingerprint density at radius 2 is 1.13 bits per heavy atom. The molecule has 2 rings (SSSR count). The molecule has 0 aliphatic rings. The van der Waals surface area contributed by atoms with Gasteiger partial charge in [0.25, 0.3) is 11.9 Å². The number of urea groups is 2. The lowest BCUT2D eigenvalue weighted by Gasteiger charge is -2.07. The van der Waals surface area contributed by atoms with Gasteiger partial charge in [0.1, 0.15) is 0 Å². The average molecular weight is 426 g/mol. The molecule has 0 saturated heterocycles. The van der Waals surface area contributed by atoms with E-state index >= 15 is 0 Å². The third-order valence-corrected chi connectivity index (χ3v) is 3.47. The molecule has 0 aliphatic heterocycles. The molecule has 0 spiro atoms. The molecule has 6 N–H and O–H groups in total. The van der Waals surface area contributed by atoms with Gasteiger partial charge in [0.05, 0.1) is 0 Å². The SMILES string of the molecule is O=C(NCCCOCCCCOCCCNC(=O)Nc1nn[nH]n1)Nc1nn[nH]n1. The van der Waals surface area contributed by atoms with Crippen molar-refractivity contribution in [1.82, 2.24) is 51.9 Å². The third kappa shape index (κ3) is 10.8. The number of hydrogen-bond donors (Lipinski definition) is 6. The van der Waals surface area contributed by atoms with Gasteiger partial charge in [-0.05, 0) is 36.1 Å². The van der Waals surface area contributed by atoms with Gasteiger partial charge in [-0.1, -0.05) is 10.2 Å². The summed E-state index contributed by atoms with van der Waals surface area (Å²) in [5.41, 5.74) is 0. The third-order valence-electron chi connectivity index (χ3n) is 3.47. The topological polar surface area (TPSA) is 210 Å². The van der Waals surface area contributed by atoms with Gasteiger partial charge in [-0.15, -0.1) is 10.2 Å². The molecule has 0 saturated carbocycles. The Kier molecular flexibility index (Phi) is 11.1. The molecule has 30 heavy (non-hydrogen) atoms. The second-order valence-electron chi connectivity index (χ2n) is 5.87. The van der Waals surface area contributed by atoms with E-state index in [1.165, 1.54) is 0 Å². The van der Waals surface area contributed by atoms with E-state index in [1.54, 1.807) is 0 Å². The first-order chi connectivity index (χ1) is 14.7. The number of anilines is 2. The van der Waals surface area contributed by atoms with Crippen LogP contribution >= 0.6 is 0 Å². The summed E-state index contributed by atoms with van der Waals surface area (Å²) in [5.74, 6) is 0.237. The zero-order valence-electron chi connectivity index (χ0n) is 16.4. The molecule has 16 heteroatoms. The Bertz CT molecular complexity index is 636. The van der Waals surface area contributed by atoms with Crippen molar-refractivity contribution in [3.8, 4) is 0 Å². The zero-order chi connectivity index (χ0) is 21.3. The first-order valence-electron chi connectivity index (χ1n) is 9.46. The van der Waals surface area contributed by atoms with Crippen LogP contribution in [0.3, 0.4) is 0 Å². The van der Waals surface area contributed by atoms with Crippen LogP contribution in [0.25, 0.3) is 0 Å². The van der Waals surface area contributed by atoms with Crippen LogP contribution in [0.2, 0.25) is 0 Å². The molecule has 0 unspecified atom stereocenters. The van der Waals surface area contributed by atoms with E-state index in [0.29, 0.717) is 52.4 Å². The van der Waals surface area contributed by atoms with Crippen LogP contribution < -0.4 is 21.3 Å². The predicted molar refractivity (Wildman–Crippen MR) is 103 cm³/mol. The van der Waals surface area contributed by atoms with Gasteiger partial charge in [-0.2, -0.15) is 10.4 Å². The van der Waals surface area contributed by atoms with E-state index in [-0.39, 0.29) is 11.9 Å². The van der Waals surface area contributed by atoms with Gasteiger partial charge in [-0.3, -0.25) is 10.6 Å². The summed E-state index contributed by atoms with van der Waals surface area (Å²) in [5, 5.41) is 35.8. The van der Waals surface area contributed by atoms with Crippen LogP contribution in [0, 0.1) is 0 Å². The number of carbonyl (C=O) groups is 2. The molecule has 0 bridgehead atoms. The first kappa shape index (κ1) is 22.9. The number of aromatic amines is 2. The number of ether oxygens (including phenoxy) is 2. The van der Waals surface area contributed by atoms with Crippen molar-refractivity contribution in [3.05, 3.63) is 0 Å². The average Bonchev–Trinajstić information content (AvgIpc) is 3.42. The summed E-state index contributed by atoms with van der Waals surface area (Å²) in [6.45, 7) is 3.34. The van der Waals surface area contributed by atoms with E-state index in [2.05, 4.69) is 62.5 Å². The quantitative estimate of drug-likeness (QED) is 0.196. The van der Waals surface area contributed by atoms with Crippen LogP contribution in [0.1, 0.15) is 25.7 Å². The summed E-state index contributed by atoms with van der Waals surface area (Å²) in [7, 11) is 0. The van der Waals surface area contributed by atoms with Gasteiger partial charge >= 0.3 is 12.1 Å². The molecule has 0 aromatic carbocycles. The monoisotopic (exact) mass is 426 g/mol. The van der Waals surface area contributed by atoms with Gasteiger partial charge in [0.2, 0.25) is 0 Å². The van der Waals surface area contributed by atoms with Gasteiger partial charge < -0.3 is 20.1 Å². The number of tetrazole rings is 2. The number of unbranched alkanes of at least 4 members (excludes halogenated alkanes) is 1. The van der Waals surface area contributed by atoms with E-state index in [9.17, 15) is 9.59 Å². The Balaban J connectivity index is 1.27. The number of amides is 4. The lowest BCUT2D eigenvalue weighted by Crippen LogP contribution is -2.30. The molecule has 4 amide bonds. The molecule has 2 heterocycles. The van der Waals surface area contributed by atoms with Crippen LogP contribution in [-0.2, 0) is 9.47 Å². The molecule has 0 radical (unpaired) electrons. The fourth-order valence-corrected chi connectivity index (χ4v) is 2.09. The van der Waals surface area contributed by atoms with Crippen molar-refractivity contribution in [2.45, 2.75) is 25.7 Å². The van der Waals surface area contributed by atoms with Gasteiger partial charge in [0, 0.05) is 39.5 Å². The van der Waals surface area contributed by atoms with E-state index < -0.39 is 12.1 Å². The van der Waals surface area contributed by atoms with Crippen molar-refractivity contribution < 1.29 is 19.1 Å². The second kappa shape index (κ2) is 14.6. The van der Waals surface area contributed by atoms with Crippen molar-refractivity contribution >= 4 is 24.0 Å². The van der Waals surface area contributed by atoms with E-state index in [1.807, 2.05) is 0 Å². The van der Waals surface area contributed by atoms with Gasteiger partial charge in [-0.25, -0.2) is 9.59 Å². The number of nitrogens with one attached hydrogen (secondary N) is 6. The summed E-state index contributed by atoms with van der Waals surface area (Å²) >= 11 is 0. The fraction of sp³-hybridized carbons (Fsp3) is 0.714. The molecule has 2 aromatic rings. The lowest BCUT2D eigenvalue weighted by atomic mass is 10.3. The van der Waals surface area contributed by atoms with Crippen molar-refractivity contribution in [3.63, 3.8) is 0 Å². The number of aromatic nitrogens is 8. The fourth-order valence-electron chi connectivity index (χ4n) is 2.09. The highest BCUT2D eigenvalue weighted by atomic mass is 16.5. The molecule has 2 aromatic heterocycles. The normalized spacial score (nSPS) is 10.5. The minimum Gasteiger partial charge on any atom is -0.381 e. The highest BCUT2D eigenvalue weighted by Crippen LogP contribution is 1.94. The Hall–Kier alpha value is -3.40. The molecule has 16 nitrogen and oxygen atoms in total. The first-order valence-corrected chi connectivity index (χ1v) is 9.46. The van der Waals surface area contributed by atoms with Crippen LogP contribution in [0.5, 0.6) is 0 Å². The molecular weight excluding hydrogens is 400 g/mol. The summed E-state index contributed by atoms with van der Waals surface area (Å²) in [4.78, 5) is 23.0. The van der Waals surface area contributed by atoms with Crippen molar-refractivity contribution in [2.24, 2.45) is 0 Å². The van der Waals surface area contributed by atoms with E-state index in [4.69, 9.17) is 9.47 Å². The summed E-state index contributed by atoms with van der Waals surface area (Å²) in [6, 6.07) is -0.785. The second-order valence-corrected chi connectivity index (χ2v) is 5.87. The summed E-state index contributed by atoms with van der Waals surface area (Å²) < 4.78 is 11.0. The van der Waals surface area contributed by atoms with Crippen LogP contribution in [-0.4, -0.2) is 92.8 Å². The molecule has 0 aliphatic carbocycles. The number of rotatable bonds is 15. The molecule has 0 atom stereocenters. The number of carbonyl (C=O) groups excluding carboxylic acids is 2. The number of hydrogen-bond acceptors (Lipinski definition) is 10. The Morgan fingerprint density at radius 1 is 0.700 bits per heavy atom. The van der Waals surface area contributed by atoms with Crippen LogP contribution in [0.4, 0.5) is 21.5 Å². The van der Waals surface area contributed by atoms with E-state index in [0.717, 1.165) is 12.8 Å². The number of H-pyrrole nitrogens is 2. The lowest BCUT2D eigenvalue weighted by molar-refractivity contribution is 0.101. The van der Waals surface area contributed by atoms with Gasteiger partial charge in [0.15, 0.2) is 0 Å². The molecule has 166 valence electrons. The Morgan fingerprint density at radius 3 is 1.53 bits per heavy atom. The van der Waals surface area contributed by atoms with Crippen molar-refractivity contribution in [1.29, 1.82) is 0 Å². The standard InChI is InChI=1S/C14H26N12O4/c27-13(17-11-19-23-24-20-11)15-5-3-9-29-7-1-2-8-30-10-4-6-16-14(28)18-12-21-25-26-22-12/h1-10H2,(H3,15,17,19,20,23,24,27)(H3,16,18,21,22,25,26,28). The maximum atomic E-state index is 11.5.